The number of aldehydes is 1. The van der Waals surface area contributed by atoms with Crippen LogP contribution in [0.15, 0.2) is 29.8 Å². The predicted octanol–water partition coefficient (Wildman–Crippen LogP) is 2.95. The Bertz CT molecular complexity index is 574. The number of rotatable bonds is 2. The van der Waals surface area contributed by atoms with E-state index in [0.29, 0.717) is 6.42 Å². The van der Waals surface area contributed by atoms with Crippen molar-refractivity contribution >= 4 is 17.9 Å². The summed E-state index contributed by atoms with van der Waals surface area (Å²) in [6.45, 7) is 0.736. The van der Waals surface area contributed by atoms with Crippen LogP contribution < -0.4 is 0 Å². The fraction of sp³-hybridized carbons (Fsp3) is 0.412. The molecule has 1 saturated heterocycles. The SMILES string of the molecule is O=CC1=C(N2CCCCCC2=O)c2ccccc2CC1. The molecular formula is C17H19NO2. The van der Waals surface area contributed by atoms with Gasteiger partial charge in [0.05, 0.1) is 5.70 Å². The van der Waals surface area contributed by atoms with Gasteiger partial charge in [-0.05, 0) is 31.2 Å². The number of hydrogen-bond acceptors (Lipinski definition) is 2. The highest BCUT2D eigenvalue weighted by Crippen LogP contribution is 2.34. The second-order valence-corrected chi connectivity index (χ2v) is 5.50. The summed E-state index contributed by atoms with van der Waals surface area (Å²) in [4.78, 5) is 25.6. The van der Waals surface area contributed by atoms with E-state index in [0.717, 1.165) is 61.8 Å². The molecule has 0 saturated carbocycles. The van der Waals surface area contributed by atoms with Crippen LogP contribution in [0.2, 0.25) is 0 Å². The molecule has 1 aromatic carbocycles. The molecule has 1 amide bonds. The van der Waals surface area contributed by atoms with Crippen molar-refractivity contribution in [2.75, 3.05) is 6.54 Å². The summed E-state index contributed by atoms with van der Waals surface area (Å²) < 4.78 is 0. The highest BCUT2D eigenvalue weighted by Gasteiger charge is 2.27. The normalized spacial score (nSPS) is 19.6. The highest BCUT2D eigenvalue weighted by atomic mass is 16.2. The van der Waals surface area contributed by atoms with Crippen LogP contribution in [0.4, 0.5) is 0 Å². The molecule has 0 aromatic heterocycles. The number of hydrogen-bond donors (Lipinski definition) is 0. The fourth-order valence-corrected chi connectivity index (χ4v) is 3.18. The van der Waals surface area contributed by atoms with Gasteiger partial charge >= 0.3 is 0 Å². The Morgan fingerprint density at radius 1 is 1.00 bits per heavy atom. The van der Waals surface area contributed by atoms with E-state index in [9.17, 15) is 9.59 Å². The number of allylic oxidation sites excluding steroid dienone is 1. The van der Waals surface area contributed by atoms with Gasteiger partial charge in [-0.25, -0.2) is 0 Å². The Balaban J connectivity index is 2.09. The fourth-order valence-electron chi connectivity index (χ4n) is 3.18. The first-order chi connectivity index (χ1) is 9.81. The molecule has 0 N–H and O–H groups in total. The maximum Gasteiger partial charge on any atom is 0.227 e. The van der Waals surface area contributed by atoms with Crippen molar-refractivity contribution in [3.63, 3.8) is 0 Å². The van der Waals surface area contributed by atoms with Gasteiger partial charge in [0, 0.05) is 24.1 Å². The van der Waals surface area contributed by atoms with Crippen molar-refractivity contribution in [2.45, 2.75) is 38.5 Å². The molecule has 0 spiro atoms. The average Bonchev–Trinajstić information content (AvgIpc) is 2.70. The molecule has 20 heavy (non-hydrogen) atoms. The number of aryl methyl sites for hydroxylation is 1. The van der Waals surface area contributed by atoms with Crippen molar-refractivity contribution in [3.05, 3.63) is 41.0 Å². The van der Waals surface area contributed by atoms with E-state index in [-0.39, 0.29) is 5.91 Å². The number of carbonyl (C=O) groups excluding carboxylic acids is 2. The molecule has 1 aliphatic carbocycles. The standard InChI is InChI=1S/C17H19NO2/c19-12-14-10-9-13-6-3-4-7-15(13)17(14)18-11-5-1-2-8-16(18)20/h3-4,6-7,12H,1-2,5,8-11H2. The molecule has 0 atom stereocenters. The van der Waals surface area contributed by atoms with Crippen molar-refractivity contribution in [1.82, 2.24) is 4.90 Å². The highest BCUT2D eigenvalue weighted by molar-refractivity contribution is 5.96. The van der Waals surface area contributed by atoms with Crippen molar-refractivity contribution in [3.8, 4) is 0 Å². The van der Waals surface area contributed by atoms with E-state index in [1.165, 1.54) is 5.56 Å². The predicted molar refractivity (Wildman–Crippen MR) is 77.9 cm³/mol. The third kappa shape index (κ3) is 2.28. The first-order valence-corrected chi connectivity index (χ1v) is 7.38. The summed E-state index contributed by atoms with van der Waals surface area (Å²) >= 11 is 0. The van der Waals surface area contributed by atoms with Crippen LogP contribution in [0.5, 0.6) is 0 Å². The van der Waals surface area contributed by atoms with Crippen molar-refractivity contribution in [1.29, 1.82) is 0 Å². The largest absolute Gasteiger partial charge is 0.311 e. The Kier molecular flexibility index (Phi) is 3.68. The molecule has 104 valence electrons. The van der Waals surface area contributed by atoms with Gasteiger partial charge in [-0.15, -0.1) is 0 Å². The number of likely N-dealkylation sites (tertiary alicyclic amines) is 1. The number of carbonyl (C=O) groups is 2. The summed E-state index contributed by atoms with van der Waals surface area (Å²) in [5.41, 5.74) is 3.95. The first-order valence-electron chi connectivity index (χ1n) is 7.38. The summed E-state index contributed by atoms with van der Waals surface area (Å²) in [6.07, 6.45) is 6.22. The molecule has 1 aliphatic heterocycles. The Labute approximate surface area is 119 Å². The molecule has 3 nitrogen and oxygen atoms in total. The van der Waals surface area contributed by atoms with Gasteiger partial charge in [-0.1, -0.05) is 30.7 Å². The van der Waals surface area contributed by atoms with Crippen LogP contribution in [0.3, 0.4) is 0 Å². The van der Waals surface area contributed by atoms with Gasteiger partial charge in [0.25, 0.3) is 0 Å². The minimum Gasteiger partial charge on any atom is -0.311 e. The van der Waals surface area contributed by atoms with E-state index in [2.05, 4.69) is 6.07 Å². The summed E-state index contributed by atoms with van der Waals surface area (Å²) in [5.74, 6) is 0.161. The topological polar surface area (TPSA) is 37.4 Å². The molecule has 1 fully saturated rings. The van der Waals surface area contributed by atoms with Crippen molar-refractivity contribution < 1.29 is 9.59 Å². The van der Waals surface area contributed by atoms with Crippen LogP contribution in [0.1, 0.15) is 43.2 Å². The van der Waals surface area contributed by atoms with Gasteiger partial charge in [-0.3, -0.25) is 9.59 Å². The first kappa shape index (κ1) is 13.1. The number of benzene rings is 1. The van der Waals surface area contributed by atoms with E-state index in [1.54, 1.807) is 0 Å². The number of amides is 1. The van der Waals surface area contributed by atoms with Crippen LogP contribution in [0.25, 0.3) is 5.70 Å². The van der Waals surface area contributed by atoms with Gasteiger partial charge < -0.3 is 4.90 Å². The summed E-state index contributed by atoms with van der Waals surface area (Å²) in [5, 5.41) is 0. The lowest BCUT2D eigenvalue weighted by Gasteiger charge is -2.30. The maximum atomic E-state index is 12.4. The quantitative estimate of drug-likeness (QED) is 0.774. The van der Waals surface area contributed by atoms with E-state index in [4.69, 9.17) is 0 Å². The lowest BCUT2D eigenvalue weighted by molar-refractivity contribution is -0.127. The molecular weight excluding hydrogens is 250 g/mol. The number of fused-ring (bicyclic) bond motifs is 1. The third-order valence-corrected chi connectivity index (χ3v) is 4.23. The lowest BCUT2D eigenvalue weighted by atomic mass is 9.89. The monoisotopic (exact) mass is 269 g/mol. The molecule has 0 radical (unpaired) electrons. The molecule has 2 aliphatic rings. The zero-order valence-electron chi connectivity index (χ0n) is 11.6. The van der Waals surface area contributed by atoms with Crippen LogP contribution in [0, 0.1) is 0 Å². The molecule has 0 bridgehead atoms. The number of nitrogens with zero attached hydrogens (tertiary/aromatic N) is 1. The van der Waals surface area contributed by atoms with Crippen molar-refractivity contribution in [2.24, 2.45) is 0 Å². The van der Waals surface area contributed by atoms with Gasteiger partial charge in [0.1, 0.15) is 6.29 Å². The molecule has 3 rings (SSSR count). The Morgan fingerprint density at radius 3 is 2.70 bits per heavy atom. The van der Waals surface area contributed by atoms with Crippen LogP contribution >= 0.6 is 0 Å². The minimum absolute atomic E-state index is 0.161. The molecule has 3 heteroatoms. The summed E-state index contributed by atoms with van der Waals surface area (Å²) in [7, 11) is 0. The smallest absolute Gasteiger partial charge is 0.227 e. The molecule has 1 heterocycles. The van der Waals surface area contributed by atoms with Crippen LogP contribution in [-0.4, -0.2) is 23.6 Å². The second-order valence-electron chi connectivity index (χ2n) is 5.50. The second kappa shape index (κ2) is 5.61. The zero-order valence-corrected chi connectivity index (χ0v) is 11.6. The Morgan fingerprint density at radius 2 is 1.85 bits per heavy atom. The van der Waals surface area contributed by atoms with Gasteiger partial charge in [-0.2, -0.15) is 0 Å². The van der Waals surface area contributed by atoms with E-state index >= 15 is 0 Å². The minimum atomic E-state index is 0.161. The third-order valence-electron chi connectivity index (χ3n) is 4.23. The Hall–Kier alpha value is -1.90. The lowest BCUT2D eigenvalue weighted by Crippen LogP contribution is -2.31. The zero-order chi connectivity index (χ0) is 13.9. The van der Waals surface area contributed by atoms with Crippen LogP contribution in [-0.2, 0) is 16.0 Å². The average molecular weight is 269 g/mol. The maximum absolute atomic E-state index is 12.4. The van der Waals surface area contributed by atoms with Gasteiger partial charge in [0.2, 0.25) is 5.91 Å². The van der Waals surface area contributed by atoms with Gasteiger partial charge in [0.15, 0.2) is 0 Å². The summed E-state index contributed by atoms with van der Waals surface area (Å²) in [6, 6.07) is 8.13. The van der Waals surface area contributed by atoms with E-state index < -0.39 is 0 Å². The molecule has 0 unspecified atom stereocenters. The molecule has 1 aromatic rings. The van der Waals surface area contributed by atoms with E-state index in [1.807, 2.05) is 23.1 Å².